The summed E-state index contributed by atoms with van der Waals surface area (Å²) in [4.78, 5) is 38.1. The molecule has 33 heavy (non-hydrogen) atoms. The fourth-order valence-electron chi connectivity index (χ4n) is 3.74. The molecule has 1 aliphatic heterocycles. The minimum Gasteiger partial charge on any atom is -0.478 e. The molecule has 9 heteroatoms. The molecular weight excluding hydrogens is 445 g/mol. The third-order valence-electron chi connectivity index (χ3n) is 5.34. The van der Waals surface area contributed by atoms with Gasteiger partial charge >= 0.3 is 5.97 Å². The number of para-hydroxylation sites is 1. The Balaban J connectivity index is 1.75. The molecule has 2 heterocycles. The summed E-state index contributed by atoms with van der Waals surface area (Å²) in [5, 5.41) is 11.5. The maximum Gasteiger partial charge on any atom is 0.335 e. The van der Waals surface area contributed by atoms with E-state index in [9.17, 15) is 18.8 Å². The first-order valence-electron chi connectivity index (χ1n) is 9.87. The number of carbonyl (C=O) groups is 3. The minimum absolute atomic E-state index is 0.0505. The van der Waals surface area contributed by atoms with Gasteiger partial charge in [0.2, 0.25) is 0 Å². The van der Waals surface area contributed by atoms with Gasteiger partial charge in [0.15, 0.2) is 5.11 Å². The van der Waals surface area contributed by atoms with Crippen LogP contribution in [0.3, 0.4) is 0 Å². The maximum absolute atomic E-state index is 14.4. The SMILES string of the molecule is Cc1cc(/C=C2\C(=O)NC(=S)N(c3ccc(C(=O)O)cc3)C2=O)c(C)n1-c1ccccc1F. The monoisotopic (exact) mass is 463 g/mol. The van der Waals surface area contributed by atoms with Crippen molar-refractivity contribution in [3.05, 3.63) is 88.5 Å². The average Bonchev–Trinajstić information content (AvgIpc) is 3.04. The molecular formula is C24H18FN3O4S. The van der Waals surface area contributed by atoms with Gasteiger partial charge < -0.3 is 9.67 Å². The smallest absolute Gasteiger partial charge is 0.335 e. The number of aryl methyl sites for hydroxylation is 1. The molecule has 1 fully saturated rings. The number of hydrogen-bond donors (Lipinski definition) is 2. The molecule has 3 aromatic rings. The Hall–Kier alpha value is -4.11. The Morgan fingerprint density at radius 2 is 1.76 bits per heavy atom. The van der Waals surface area contributed by atoms with Gasteiger partial charge in [-0.1, -0.05) is 12.1 Å². The van der Waals surface area contributed by atoms with Crippen molar-refractivity contribution in [2.24, 2.45) is 0 Å². The molecule has 1 aliphatic rings. The molecule has 0 atom stereocenters. The number of amides is 2. The number of carboxylic acids is 1. The first-order chi connectivity index (χ1) is 15.7. The number of aromatic nitrogens is 1. The number of nitrogens with one attached hydrogen (secondary N) is 1. The van der Waals surface area contributed by atoms with Gasteiger partial charge in [0.05, 0.1) is 16.9 Å². The number of anilines is 1. The van der Waals surface area contributed by atoms with Gasteiger partial charge in [-0.15, -0.1) is 0 Å². The zero-order valence-corrected chi connectivity index (χ0v) is 18.4. The van der Waals surface area contributed by atoms with Crippen LogP contribution in [0.2, 0.25) is 0 Å². The second-order valence-electron chi connectivity index (χ2n) is 7.42. The summed E-state index contributed by atoms with van der Waals surface area (Å²) in [6.07, 6.45) is 1.44. The maximum atomic E-state index is 14.4. The third-order valence-corrected chi connectivity index (χ3v) is 5.62. The highest BCUT2D eigenvalue weighted by molar-refractivity contribution is 7.80. The van der Waals surface area contributed by atoms with E-state index in [1.165, 1.54) is 36.4 Å². The van der Waals surface area contributed by atoms with Gasteiger partial charge in [0, 0.05) is 11.4 Å². The molecule has 1 saturated heterocycles. The topological polar surface area (TPSA) is 91.6 Å². The molecule has 1 aromatic heterocycles. The molecule has 166 valence electrons. The summed E-state index contributed by atoms with van der Waals surface area (Å²) >= 11 is 5.18. The highest BCUT2D eigenvalue weighted by atomic mass is 32.1. The molecule has 0 aliphatic carbocycles. The fourth-order valence-corrected chi connectivity index (χ4v) is 4.02. The number of carboxylic acid groups (broad SMARTS) is 1. The minimum atomic E-state index is -1.10. The lowest BCUT2D eigenvalue weighted by molar-refractivity contribution is -0.122. The molecule has 0 unspecified atom stereocenters. The van der Waals surface area contributed by atoms with E-state index in [4.69, 9.17) is 17.3 Å². The third kappa shape index (κ3) is 3.94. The van der Waals surface area contributed by atoms with Crippen molar-refractivity contribution >= 4 is 46.9 Å². The summed E-state index contributed by atoms with van der Waals surface area (Å²) in [6, 6.07) is 13.6. The Morgan fingerprint density at radius 3 is 2.39 bits per heavy atom. The van der Waals surface area contributed by atoms with Gasteiger partial charge in [0.25, 0.3) is 11.8 Å². The van der Waals surface area contributed by atoms with Crippen molar-refractivity contribution in [3.63, 3.8) is 0 Å². The summed E-state index contributed by atoms with van der Waals surface area (Å²) < 4.78 is 16.1. The van der Waals surface area contributed by atoms with Crippen LogP contribution in [-0.2, 0) is 9.59 Å². The van der Waals surface area contributed by atoms with Crippen molar-refractivity contribution in [3.8, 4) is 5.69 Å². The second kappa shape index (κ2) is 8.44. The normalized spacial score (nSPS) is 15.2. The Labute approximate surface area is 193 Å². The number of nitrogens with zero attached hydrogens (tertiary/aromatic N) is 2. The van der Waals surface area contributed by atoms with E-state index in [1.807, 2.05) is 0 Å². The lowest BCUT2D eigenvalue weighted by Crippen LogP contribution is -2.54. The Kier molecular flexibility index (Phi) is 5.65. The summed E-state index contributed by atoms with van der Waals surface area (Å²) in [5.41, 5.74) is 2.52. The number of hydrogen-bond acceptors (Lipinski definition) is 4. The van der Waals surface area contributed by atoms with Crippen molar-refractivity contribution in [1.29, 1.82) is 0 Å². The molecule has 0 saturated carbocycles. The fraction of sp³-hybridized carbons (Fsp3) is 0.0833. The number of benzene rings is 2. The van der Waals surface area contributed by atoms with Crippen molar-refractivity contribution < 1.29 is 23.9 Å². The quantitative estimate of drug-likeness (QED) is 0.349. The first kappa shape index (κ1) is 22.1. The summed E-state index contributed by atoms with van der Waals surface area (Å²) in [5.74, 6) is -2.80. The van der Waals surface area contributed by atoms with Gasteiger partial charge in [-0.3, -0.25) is 19.8 Å². The van der Waals surface area contributed by atoms with Crippen molar-refractivity contribution in [2.45, 2.75) is 13.8 Å². The number of halogens is 1. The highest BCUT2D eigenvalue weighted by Gasteiger charge is 2.34. The Morgan fingerprint density at radius 1 is 1.09 bits per heavy atom. The Bertz CT molecular complexity index is 1360. The van der Waals surface area contributed by atoms with Crippen LogP contribution in [0.5, 0.6) is 0 Å². The zero-order chi connectivity index (χ0) is 23.9. The van der Waals surface area contributed by atoms with Gasteiger partial charge in [-0.05, 0) is 80.2 Å². The van der Waals surface area contributed by atoms with E-state index >= 15 is 0 Å². The molecule has 7 nitrogen and oxygen atoms in total. The number of thiocarbonyl (C=S) groups is 1. The molecule has 0 radical (unpaired) electrons. The lowest BCUT2D eigenvalue weighted by Gasteiger charge is -2.29. The van der Waals surface area contributed by atoms with Crippen LogP contribution < -0.4 is 10.2 Å². The average molecular weight is 463 g/mol. The molecule has 0 spiro atoms. The number of aromatic carboxylic acids is 1. The van der Waals surface area contributed by atoms with E-state index in [0.29, 0.717) is 22.6 Å². The van der Waals surface area contributed by atoms with Crippen molar-refractivity contribution in [1.82, 2.24) is 9.88 Å². The van der Waals surface area contributed by atoms with E-state index < -0.39 is 23.6 Å². The van der Waals surface area contributed by atoms with Gasteiger partial charge in [0.1, 0.15) is 11.4 Å². The van der Waals surface area contributed by atoms with Crippen molar-refractivity contribution in [2.75, 3.05) is 4.90 Å². The van der Waals surface area contributed by atoms with Gasteiger partial charge in [-0.2, -0.15) is 0 Å². The van der Waals surface area contributed by atoms with E-state index in [-0.39, 0.29) is 16.2 Å². The van der Waals surface area contributed by atoms with Crippen LogP contribution in [0.1, 0.15) is 27.3 Å². The lowest BCUT2D eigenvalue weighted by atomic mass is 10.1. The molecule has 0 bridgehead atoms. The number of carbonyl (C=O) groups excluding carboxylic acids is 2. The van der Waals surface area contributed by atoms with E-state index in [2.05, 4.69) is 5.32 Å². The van der Waals surface area contributed by atoms with Crippen LogP contribution in [0.4, 0.5) is 10.1 Å². The van der Waals surface area contributed by atoms with E-state index in [1.54, 1.807) is 42.7 Å². The zero-order valence-electron chi connectivity index (χ0n) is 17.6. The predicted molar refractivity (Wildman–Crippen MR) is 125 cm³/mol. The summed E-state index contributed by atoms with van der Waals surface area (Å²) in [6.45, 7) is 3.57. The molecule has 4 rings (SSSR count). The van der Waals surface area contributed by atoms with Crippen LogP contribution in [-0.4, -0.2) is 32.6 Å². The first-order valence-corrected chi connectivity index (χ1v) is 10.3. The highest BCUT2D eigenvalue weighted by Crippen LogP contribution is 2.27. The van der Waals surface area contributed by atoms with Crippen LogP contribution in [0.25, 0.3) is 11.8 Å². The molecule has 2 aromatic carbocycles. The van der Waals surface area contributed by atoms with E-state index in [0.717, 1.165) is 10.6 Å². The molecule has 2 amide bonds. The van der Waals surface area contributed by atoms with Gasteiger partial charge in [-0.25, -0.2) is 9.18 Å². The predicted octanol–water partition coefficient (Wildman–Crippen LogP) is 3.76. The summed E-state index contributed by atoms with van der Waals surface area (Å²) in [7, 11) is 0. The van der Waals surface area contributed by atoms with Crippen LogP contribution >= 0.6 is 12.2 Å². The van der Waals surface area contributed by atoms with Crippen LogP contribution in [0.15, 0.2) is 60.2 Å². The largest absolute Gasteiger partial charge is 0.478 e. The molecule has 2 N–H and O–H groups in total. The standard InChI is InChI=1S/C24H18FN3O4S/c1-13-11-16(14(2)27(13)20-6-4-3-5-19(20)25)12-18-21(29)26-24(33)28(22(18)30)17-9-7-15(8-10-17)23(31)32/h3-12H,1-2H3,(H,31,32)(H,26,29,33)/b18-12+. The van der Waals surface area contributed by atoms with Crippen LogP contribution in [0, 0.1) is 19.7 Å². The number of rotatable bonds is 4. The second-order valence-corrected chi connectivity index (χ2v) is 7.81.